The number of ether oxygens (including phenoxy) is 1. The maximum Gasteiger partial charge on any atom is 0.435 e. The van der Waals surface area contributed by atoms with Crippen LogP contribution in [-0.2, 0) is 6.18 Å². The largest absolute Gasteiger partial charge is 0.494 e. The molecule has 1 aliphatic rings. The number of methoxy groups -OCH3 is 1. The van der Waals surface area contributed by atoms with E-state index in [1.807, 2.05) is 0 Å². The first-order valence-corrected chi connectivity index (χ1v) is 8.26. The molecule has 28 heavy (non-hydrogen) atoms. The number of hydrogen-bond donors (Lipinski definition) is 0. The van der Waals surface area contributed by atoms with Crippen LogP contribution in [0.15, 0.2) is 60.0 Å². The molecule has 1 unspecified atom stereocenters. The van der Waals surface area contributed by atoms with Crippen LogP contribution in [0.4, 0.5) is 23.2 Å². The number of nitrogens with zero attached hydrogens (tertiary/aromatic N) is 4. The van der Waals surface area contributed by atoms with Crippen LogP contribution in [-0.4, -0.2) is 22.7 Å². The second kappa shape index (κ2) is 6.66. The lowest BCUT2D eigenvalue weighted by Gasteiger charge is -2.30. The summed E-state index contributed by atoms with van der Waals surface area (Å²) in [4.78, 5) is 9.27. The van der Waals surface area contributed by atoms with Gasteiger partial charge in [-0.05, 0) is 24.3 Å². The number of aromatic nitrogens is 2. The molecular formula is C19H14F4N4O. The second-order valence-electron chi connectivity index (χ2n) is 6.04. The third kappa shape index (κ3) is 2.98. The minimum atomic E-state index is -4.66. The molecule has 2 aromatic heterocycles. The van der Waals surface area contributed by atoms with E-state index in [1.54, 1.807) is 18.2 Å². The third-order valence-corrected chi connectivity index (χ3v) is 4.39. The van der Waals surface area contributed by atoms with Crippen molar-refractivity contribution in [2.45, 2.75) is 12.2 Å². The molecule has 0 fully saturated rings. The number of anilines is 1. The van der Waals surface area contributed by atoms with Gasteiger partial charge in [0.25, 0.3) is 0 Å². The monoisotopic (exact) mass is 390 g/mol. The minimum Gasteiger partial charge on any atom is -0.494 e. The standard InChI is InChI=1S/C19H14F4N4O/c1-28-15-6-5-12(10-13(15)20)26-9-7-24-11-14(26)17-18(19(21,22)23)25-16-4-2-3-8-27(16)17/h2-11,14H,1H3. The van der Waals surface area contributed by atoms with E-state index in [4.69, 9.17) is 4.74 Å². The molecule has 9 heteroatoms. The number of alkyl halides is 3. The molecule has 3 aromatic rings. The highest BCUT2D eigenvalue weighted by Gasteiger charge is 2.41. The van der Waals surface area contributed by atoms with Crippen molar-refractivity contribution < 1.29 is 22.3 Å². The summed E-state index contributed by atoms with van der Waals surface area (Å²) < 4.78 is 61.6. The van der Waals surface area contributed by atoms with E-state index in [2.05, 4.69) is 9.98 Å². The highest BCUT2D eigenvalue weighted by Crippen LogP contribution is 2.38. The Bertz CT molecular complexity index is 1090. The van der Waals surface area contributed by atoms with E-state index in [0.29, 0.717) is 5.69 Å². The number of rotatable bonds is 3. The Balaban J connectivity index is 1.89. The molecule has 4 rings (SSSR count). The van der Waals surface area contributed by atoms with Gasteiger partial charge in [0, 0.05) is 36.6 Å². The van der Waals surface area contributed by atoms with Crippen molar-refractivity contribution >= 4 is 17.5 Å². The lowest BCUT2D eigenvalue weighted by Crippen LogP contribution is -2.29. The molecule has 144 valence electrons. The molecule has 0 bridgehead atoms. The molecule has 1 atom stereocenters. The highest BCUT2D eigenvalue weighted by molar-refractivity contribution is 5.77. The van der Waals surface area contributed by atoms with Crippen LogP contribution in [0.2, 0.25) is 0 Å². The van der Waals surface area contributed by atoms with Crippen LogP contribution in [0, 0.1) is 5.82 Å². The predicted molar refractivity (Wildman–Crippen MR) is 96.0 cm³/mol. The Morgan fingerprint density at radius 2 is 1.96 bits per heavy atom. The summed E-state index contributed by atoms with van der Waals surface area (Å²) in [7, 11) is 1.34. The second-order valence-corrected chi connectivity index (χ2v) is 6.04. The Kier molecular flexibility index (Phi) is 4.29. The zero-order chi connectivity index (χ0) is 19.9. The van der Waals surface area contributed by atoms with Crippen molar-refractivity contribution in [3.05, 3.63) is 72.2 Å². The smallest absolute Gasteiger partial charge is 0.435 e. The normalized spacial score (nSPS) is 16.8. The first-order valence-electron chi connectivity index (χ1n) is 8.26. The number of aliphatic imine (C=N–C) groups is 1. The van der Waals surface area contributed by atoms with Crippen molar-refractivity contribution in [2.75, 3.05) is 12.0 Å². The first-order chi connectivity index (χ1) is 13.4. The molecule has 0 aliphatic carbocycles. The molecule has 1 aliphatic heterocycles. The van der Waals surface area contributed by atoms with Crippen LogP contribution < -0.4 is 9.64 Å². The fourth-order valence-electron chi connectivity index (χ4n) is 3.18. The van der Waals surface area contributed by atoms with Crippen molar-refractivity contribution in [2.24, 2.45) is 4.99 Å². The van der Waals surface area contributed by atoms with Crippen LogP contribution in [0.25, 0.3) is 5.65 Å². The molecule has 3 heterocycles. The quantitative estimate of drug-likeness (QED) is 0.614. The maximum atomic E-state index is 14.2. The van der Waals surface area contributed by atoms with Crippen molar-refractivity contribution in [1.82, 2.24) is 9.38 Å². The number of pyridine rings is 1. The van der Waals surface area contributed by atoms with E-state index in [1.165, 1.54) is 59.4 Å². The number of benzene rings is 1. The average Bonchev–Trinajstić information content (AvgIpc) is 3.08. The maximum absolute atomic E-state index is 14.2. The predicted octanol–water partition coefficient (Wildman–Crippen LogP) is 4.60. The van der Waals surface area contributed by atoms with E-state index in [0.717, 1.165) is 0 Å². The van der Waals surface area contributed by atoms with Gasteiger partial charge >= 0.3 is 6.18 Å². The molecule has 0 amide bonds. The summed E-state index contributed by atoms with van der Waals surface area (Å²) >= 11 is 0. The van der Waals surface area contributed by atoms with Gasteiger partial charge in [0.1, 0.15) is 11.7 Å². The Morgan fingerprint density at radius 1 is 1.14 bits per heavy atom. The lowest BCUT2D eigenvalue weighted by atomic mass is 10.1. The molecule has 0 saturated carbocycles. The van der Waals surface area contributed by atoms with Gasteiger partial charge < -0.3 is 14.0 Å². The van der Waals surface area contributed by atoms with Gasteiger partial charge in [-0.3, -0.25) is 4.99 Å². The van der Waals surface area contributed by atoms with E-state index in [-0.39, 0.29) is 17.1 Å². The molecule has 0 spiro atoms. The number of fused-ring (bicyclic) bond motifs is 1. The average molecular weight is 390 g/mol. The van der Waals surface area contributed by atoms with Crippen LogP contribution >= 0.6 is 0 Å². The Hall–Kier alpha value is -3.36. The van der Waals surface area contributed by atoms with Gasteiger partial charge in [-0.25, -0.2) is 9.37 Å². The summed E-state index contributed by atoms with van der Waals surface area (Å²) in [5.74, 6) is -0.579. The summed E-state index contributed by atoms with van der Waals surface area (Å²) in [5, 5.41) is 0. The molecule has 1 aromatic carbocycles. The number of hydrogen-bond acceptors (Lipinski definition) is 4. The van der Waals surface area contributed by atoms with Gasteiger partial charge in [0.15, 0.2) is 17.3 Å². The van der Waals surface area contributed by atoms with Gasteiger partial charge in [-0.1, -0.05) is 6.07 Å². The summed E-state index contributed by atoms with van der Waals surface area (Å²) in [6, 6.07) is 7.96. The molecule has 5 nitrogen and oxygen atoms in total. The van der Waals surface area contributed by atoms with Gasteiger partial charge in [-0.2, -0.15) is 13.2 Å². The lowest BCUT2D eigenvalue weighted by molar-refractivity contribution is -0.141. The van der Waals surface area contributed by atoms with E-state index >= 15 is 0 Å². The third-order valence-electron chi connectivity index (χ3n) is 4.39. The number of imidazole rings is 1. The van der Waals surface area contributed by atoms with Gasteiger partial charge in [-0.15, -0.1) is 0 Å². The molecule has 0 radical (unpaired) electrons. The summed E-state index contributed by atoms with van der Waals surface area (Å²) in [6.45, 7) is 0. The van der Waals surface area contributed by atoms with Gasteiger partial charge in [0.2, 0.25) is 0 Å². The molecule has 0 saturated heterocycles. The summed E-state index contributed by atoms with van der Waals surface area (Å²) in [5.41, 5.74) is -0.602. The topological polar surface area (TPSA) is 42.1 Å². The fourth-order valence-corrected chi connectivity index (χ4v) is 3.18. The molecular weight excluding hydrogens is 376 g/mol. The highest BCUT2D eigenvalue weighted by atomic mass is 19.4. The zero-order valence-corrected chi connectivity index (χ0v) is 14.6. The van der Waals surface area contributed by atoms with Crippen molar-refractivity contribution in [3.63, 3.8) is 0 Å². The van der Waals surface area contributed by atoms with Crippen LogP contribution in [0.1, 0.15) is 17.4 Å². The van der Waals surface area contributed by atoms with E-state index < -0.39 is 23.7 Å². The van der Waals surface area contributed by atoms with Crippen molar-refractivity contribution in [3.8, 4) is 5.75 Å². The van der Waals surface area contributed by atoms with E-state index in [9.17, 15) is 17.6 Å². The van der Waals surface area contributed by atoms with Crippen LogP contribution in [0.3, 0.4) is 0 Å². The van der Waals surface area contributed by atoms with Crippen molar-refractivity contribution in [1.29, 1.82) is 0 Å². The first kappa shape index (κ1) is 18.0. The zero-order valence-electron chi connectivity index (χ0n) is 14.6. The SMILES string of the molecule is COc1ccc(N2C=CN=CC2c2c(C(F)(F)F)nc3ccccn23)cc1F. The Morgan fingerprint density at radius 3 is 2.68 bits per heavy atom. The van der Waals surface area contributed by atoms with Gasteiger partial charge in [0.05, 0.1) is 12.8 Å². The Labute approximate surface area is 157 Å². The summed E-state index contributed by atoms with van der Waals surface area (Å²) in [6.07, 6.45) is 1.14. The number of halogens is 4. The minimum absolute atomic E-state index is 0.0424. The molecule has 0 N–H and O–H groups in total. The van der Waals surface area contributed by atoms with Crippen LogP contribution in [0.5, 0.6) is 5.75 Å². The fraction of sp³-hybridized carbons (Fsp3) is 0.158.